The Labute approximate surface area is 108 Å². The van der Waals surface area contributed by atoms with Gasteiger partial charge in [-0.3, -0.25) is 4.79 Å². The molecule has 1 rings (SSSR count). The van der Waals surface area contributed by atoms with Crippen LogP contribution >= 0.6 is 0 Å². The molecule has 1 atom stereocenters. The standard InChI is InChI=1S/C12H12F2N2O3/c1-2-3-10(17)11(12(18)19)16-15-9-5-4-7(13)6-8(9)14/h4-6,11H,2-3H2,1H3,(H,18,19). The van der Waals surface area contributed by atoms with E-state index in [2.05, 4.69) is 10.2 Å². The van der Waals surface area contributed by atoms with Gasteiger partial charge in [-0.05, 0) is 18.6 Å². The molecule has 0 aliphatic carbocycles. The molecule has 5 nitrogen and oxygen atoms in total. The summed E-state index contributed by atoms with van der Waals surface area (Å²) in [5, 5.41) is 15.5. The van der Waals surface area contributed by atoms with Gasteiger partial charge in [-0.25, -0.2) is 13.6 Å². The van der Waals surface area contributed by atoms with Crippen molar-refractivity contribution in [2.75, 3.05) is 0 Å². The third-order valence-corrected chi connectivity index (χ3v) is 2.23. The predicted molar refractivity (Wildman–Crippen MR) is 62.2 cm³/mol. The number of rotatable bonds is 6. The zero-order valence-electron chi connectivity index (χ0n) is 10.1. The van der Waals surface area contributed by atoms with Crippen LogP contribution in [0, 0.1) is 11.6 Å². The second-order valence-electron chi connectivity index (χ2n) is 3.77. The van der Waals surface area contributed by atoms with E-state index in [1.165, 1.54) is 0 Å². The summed E-state index contributed by atoms with van der Waals surface area (Å²) in [4.78, 5) is 22.3. The molecule has 0 fully saturated rings. The molecule has 0 aliphatic rings. The van der Waals surface area contributed by atoms with Gasteiger partial charge in [0.25, 0.3) is 0 Å². The van der Waals surface area contributed by atoms with Gasteiger partial charge in [0.1, 0.15) is 11.5 Å². The highest BCUT2D eigenvalue weighted by Gasteiger charge is 2.25. The predicted octanol–water partition coefficient (Wildman–Crippen LogP) is 2.87. The van der Waals surface area contributed by atoms with Crippen molar-refractivity contribution in [3.8, 4) is 0 Å². The molecule has 0 saturated heterocycles. The van der Waals surface area contributed by atoms with Gasteiger partial charge < -0.3 is 5.11 Å². The maximum Gasteiger partial charge on any atom is 0.338 e. The van der Waals surface area contributed by atoms with E-state index < -0.39 is 29.4 Å². The minimum atomic E-state index is -1.66. The Balaban J connectivity index is 2.92. The summed E-state index contributed by atoms with van der Waals surface area (Å²) in [7, 11) is 0. The van der Waals surface area contributed by atoms with E-state index in [9.17, 15) is 18.4 Å². The van der Waals surface area contributed by atoms with Crippen LogP contribution in [0.4, 0.5) is 14.5 Å². The number of ketones is 1. The monoisotopic (exact) mass is 270 g/mol. The first-order chi connectivity index (χ1) is 8.95. The first-order valence-electron chi connectivity index (χ1n) is 5.57. The van der Waals surface area contributed by atoms with E-state index >= 15 is 0 Å². The zero-order chi connectivity index (χ0) is 14.4. The molecule has 0 bridgehead atoms. The first kappa shape index (κ1) is 14.9. The van der Waals surface area contributed by atoms with Gasteiger partial charge in [0.05, 0.1) is 0 Å². The number of carbonyl (C=O) groups excluding carboxylic acids is 1. The lowest BCUT2D eigenvalue weighted by atomic mass is 10.1. The third-order valence-electron chi connectivity index (χ3n) is 2.23. The van der Waals surface area contributed by atoms with Crippen molar-refractivity contribution in [2.24, 2.45) is 10.2 Å². The minimum absolute atomic E-state index is 0.0435. The van der Waals surface area contributed by atoms with Crippen LogP contribution in [0.3, 0.4) is 0 Å². The summed E-state index contributed by atoms with van der Waals surface area (Å²) in [6, 6.07) is 0.903. The van der Waals surface area contributed by atoms with Crippen molar-refractivity contribution in [1.82, 2.24) is 0 Å². The second kappa shape index (κ2) is 6.67. The van der Waals surface area contributed by atoms with Crippen LogP contribution in [0.15, 0.2) is 28.4 Å². The smallest absolute Gasteiger partial charge is 0.338 e. The maximum atomic E-state index is 13.2. The largest absolute Gasteiger partial charge is 0.479 e. The molecule has 0 spiro atoms. The van der Waals surface area contributed by atoms with Crippen LogP contribution in [0.5, 0.6) is 0 Å². The number of azo groups is 1. The van der Waals surface area contributed by atoms with E-state index in [1.807, 2.05) is 0 Å². The molecule has 102 valence electrons. The van der Waals surface area contributed by atoms with Crippen LogP contribution < -0.4 is 0 Å². The van der Waals surface area contributed by atoms with Crippen LogP contribution in [0.2, 0.25) is 0 Å². The molecule has 1 aromatic rings. The number of aliphatic carboxylic acids is 1. The molecule has 1 N–H and O–H groups in total. The normalized spacial score (nSPS) is 12.6. The van der Waals surface area contributed by atoms with Crippen LogP contribution in [0.1, 0.15) is 19.8 Å². The molecular formula is C12H12F2N2O3. The SMILES string of the molecule is CCCC(=O)C(N=Nc1ccc(F)cc1F)C(=O)O. The first-order valence-corrected chi connectivity index (χ1v) is 5.57. The Morgan fingerprint density at radius 3 is 2.58 bits per heavy atom. The quantitative estimate of drug-likeness (QED) is 0.637. The third kappa shape index (κ3) is 4.20. The van der Waals surface area contributed by atoms with Gasteiger partial charge in [0.2, 0.25) is 6.04 Å². The fourth-order valence-electron chi connectivity index (χ4n) is 1.32. The van der Waals surface area contributed by atoms with E-state index in [4.69, 9.17) is 5.11 Å². The molecule has 0 saturated carbocycles. The number of benzene rings is 1. The summed E-state index contributed by atoms with van der Waals surface area (Å²) in [6.45, 7) is 1.72. The van der Waals surface area contributed by atoms with Crippen molar-refractivity contribution in [3.05, 3.63) is 29.8 Å². The Hall–Kier alpha value is -2.18. The molecule has 19 heavy (non-hydrogen) atoms. The van der Waals surface area contributed by atoms with Crippen molar-refractivity contribution in [1.29, 1.82) is 0 Å². The lowest BCUT2D eigenvalue weighted by Gasteiger charge is -2.04. The highest BCUT2D eigenvalue weighted by Crippen LogP contribution is 2.19. The molecule has 1 unspecified atom stereocenters. The van der Waals surface area contributed by atoms with Gasteiger partial charge in [-0.1, -0.05) is 6.92 Å². The van der Waals surface area contributed by atoms with Gasteiger partial charge in [-0.15, -0.1) is 0 Å². The summed E-state index contributed by atoms with van der Waals surface area (Å²) in [5.74, 6) is -3.82. The molecule has 0 aromatic heterocycles. The molecular weight excluding hydrogens is 258 g/mol. The van der Waals surface area contributed by atoms with Gasteiger partial charge in [0.15, 0.2) is 11.6 Å². The number of nitrogens with zero attached hydrogens (tertiary/aromatic N) is 2. The lowest BCUT2D eigenvalue weighted by Crippen LogP contribution is -2.27. The Morgan fingerprint density at radius 2 is 2.05 bits per heavy atom. The number of halogens is 2. The van der Waals surface area contributed by atoms with Gasteiger partial charge in [-0.2, -0.15) is 10.2 Å². The fraction of sp³-hybridized carbons (Fsp3) is 0.333. The Morgan fingerprint density at radius 1 is 1.37 bits per heavy atom. The second-order valence-corrected chi connectivity index (χ2v) is 3.77. The number of Topliss-reactive ketones (excluding diaryl/α,β-unsaturated/α-hetero) is 1. The van der Waals surface area contributed by atoms with Crippen molar-refractivity contribution in [3.63, 3.8) is 0 Å². The summed E-state index contributed by atoms with van der Waals surface area (Å²) in [6.07, 6.45) is 0.519. The molecule has 0 radical (unpaired) electrons. The van der Waals surface area contributed by atoms with Crippen molar-refractivity contribution >= 4 is 17.4 Å². The summed E-state index contributed by atoms with van der Waals surface area (Å²) >= 11 is 0. The molecule has 7 heteroatoms. The summed E-state index contributed by atoms with van der Waals surface area (Å²) < 4.78 is 25.9. The Kier molecular flexibility index (Phi) is 5.23. The van der Waals surface area contributed by atoms with Crippen LogP contribution in [0.25, 0.3) is 0 Å². The van der Waals surface area contributed by atoms with E-state index in [0.29, 0.717) is 12.5 Å². The van der Waals surface area contributed by atoms with Gasteiger partial charge >= 0.3 is 5.97 Å². The minimum Gasteiger partial charge on any atom is -0.479 e. The average Bonchev–Trinajstić information content (AvgIpc) is 2.31. The van der Waals surface area contributed by atoms with E-state index in [0.717, 1.165) is 12.1 Å². The topological polar surface area (TPSA) is 79.1 Å². The number of carbonyl (C=O) groups is 2. The fourth-order valence-corrected chi connectivity index (χ4v) is 1.32. The molecule has 0 heterocycles. The van der Waals surface area contributed by atoms with Crippen molar-refractivity contribution < 1.29 is 23.5 Å². The number of hydrogen-bond donors (Lipinski definition) is 1. The number of hydrogen-bond acceptors (Lipinski definition) is 4. The average molecular weight is 270 g/mol. The van der Waals surface area contributed by atoms with Crippen LogP contribution in [-0.2, 0) is 9.59 Å². The molecule has 0 aliphatic heterocycles. The number of carboxylic acids is 1. The highest BCUT2D eigenvalue weighted by atomic mass is 19.1. The molecule has 1 aromatic carbocycles. The van der Waals surface area contributed by atoms with Gasteiger partial charge in [0, 0.05) is 12.5 Å². The number of carboxylic acid groups (broad SMARTS) is 1. The van der Waals surface area contributed by atoms with Crippen LogP contribution in [-0.4, -0.2) is 22.9 Å². The maximum absolute atomic E-state index is 13.2. The lowest BCUT2D eigenvalue weighted by molar-refractivity contribution is -0.142. The van der Waals surface area contributed by atoms with E-state index in [-0.39, 0.29) is 12.1 Å². The highest BCUT2D eigenvalue weighted by molar-refractivity contribution is 6.02. The van der Waals surface area contributed by atoms with Crippen molar-refractivity contribution in [2.45, 2.75) is 25.8 Å². The van der Waals surface area contributed by atoms with E-state index in [1.54, 1.807) is 6.92 Å². The summed E-state index contributed by atoms with van der Waals surface area (Å²) in [5.41, 5.74) is -0.322. The zero-order valence-corrected chi connectivity index (χ0v) is 10.1. The molecule has 0 amide bonds. The Bertz CT molecular complexity index is 518.